The number of hydrogen-bond acceptors (Lipinski definition) is 4. The second-order valence-electron chi connectivity index (χ2n) is 7.79. The standard InChI is InChI=1S/C20H26F3NO4/c1-5-27-17(25)13-8-9-15(16(11-13)20(21,22)23)14-7-6-10-24(12-14)18(26)28-19(2,3)4/h8-9,11,14H,5-7,10,12H2,1-4H3/t14-/m0/s1. The lowest BCUT2D eigenvalue weighted by Crippen LogP contribution is -2.42. The molecule has 1 aliphatic rings. The quantitative estimate of drug-likeness (QED) is 0.669. The number of halogens is 3. The molecule has 156 valence electrons. The van der Waals surface area contributed by atoms with Crippen molar-refractivity contribution in [3.8, 4) is 0 Å². The van der Waals surface area contributed by atoms with Gasteiger partial charge in [0.25, 0.3) is 0 Å². The number of likely N-dealkylation sites (tertiary alicyclic amines) is 1. The molecule has 8 heteroatoms. The molecule has 1 aromatic rings. The Morgan fingerprint density at radius 2 is 1.89 bits per heavy atom. The minimum atomic E-state index is -4.62. The first kappa shape index (κ1) is 22.0. The van der Waals surface area contributed by atoms with Crippen molar-refractivity contribution in [3.05, 3.63) is 34.9 Å². The molecule has 0 unspecified atom stereocenters. The van der Waals surface area contributed by atoms with Crippen LogP contribution in [-0.2, 0) is 15.7 Å². The topological polar surface area (TPSA) is 55.8 Å². The monoisotopic (exact) mass is 401 g/mol. The summed E-state index contributed by atoms with van der Waals surface area (Å²) in [5, 5.41) is 0. The molecule has 1 saturated heterocycles. The van der Waals surface area contributed by atoms with E-state index in [1.165, 1.54) is 17.0 Å². The Morgan fingerprint density at radius 3 is 2.46 bits per heavy atom. The molecule has 1 atom stereocenters. The van der Waals surface area contributed by atoms with E-state index >= 15 is 0 Å². The number of piperidine rings is 1. The second-order valence-corrected chi connectivity index (χ2v) is 7.79. The summed E-state index contributed by atoms with van der Waals surface area (Å²) in [6, 6.07) is 3.49. The number of amides is 1. The van der Waals surface area contributed by atoms with Crippen molar-refractivity contribution in [1.29, 1.82) is 0 Å². The molecule has 1 aromatic carbocycles. The lowest BCUT2D eigenvalue weighted by molar-refractivity contribution is -0.138. The van der Waals surface area contributed by atoms with Gasteiger partial charge in [-0.15, -0.1) is 0 Å². The zero-order valence-electron chi connectivity index (χ0n) is 16.6. The number of ether oxygens (including phenoxy) is 2. The third-order valence-corrected chi connectivity index (χ3v) is 4.38. The van der Waals surface area contributed by atoms with Gasteiger partial charge >= 0.3 is 18.2 Å². The Kier molecular flexibility index (Phi) is 6.62. The number of nitrogens with zero attached hydrogens (tertiary/aromatic N) is 1. The maximum Gasteiger partial charge on any atom is 0.416 e. The number of carbonyl (C=O) groups excluding carboxylic acids is 2. The number of rotatable bonds is 3. The zero-order valence-corrected chi connectivity index (χ0v) is 16.6. The van der Waals surface area contributed by atoms with Crippen molar-refractivity contribution in [3.63, 3.8) is 0 Å². The third kappa shape index (κ3) is 5.62. The predicted octanol–water partition coefficient (Wildman–Crippen LogP) is 5.00. The van der Waals surface area contributed by atoms with Crippen LogP contribution < -0.4 is 0 Å². The average Bonchev–Trinajstić information content (AvgIpc) is 2.59. The van der Waals surface area contributed by atoms with Crippen LogP contribution in [0.5, 0.6) is 0 Å². The minimum absolute atomic E-state index is 0.0776. The number of carbonyl (C=O) groups is 2. The molecule has 1 amide bonds. The van der Waals surface area contributed by atoms with Crippen LogP contribution in [0.4, 0.5) is 18.0 Å². The molecule has 0 radical (unpaired) electrons. The highest BCUT2D eigenvalue weighted by Crippen LogP contribution is 2.39. The summed E-state index contributed by atoms with van der Waals surface area (Å²) in [5.74, 6) is -1.28. The van der Waals surface area contributed by atoms with Crippen molar-refractivity contribution >= 4 is 12.1 Å². The van der Waals surface area contributed by atoms with Gasteiger partial charge in [0.05, 0.1) is 17.7 Å². The van der Waals surface area contributed by atoms with Crippen molar-refractivity contribution in [1.82, 2.24) is 4.90 Å². The zero-order chi connectivity index (χ0) is 21.1. The van der Waals surface area contributed by atoms with Gasteiger partial charge in [-0.05, 0) is 58.2 Å². The van der Waals surface area contributed by atoms with Crippen LogP contribution in [0.15, 0.2) is 18.2 Å². The summed E-state index contributed by atoms with van der Waals surface area (Å²) in [5.41, 5.74) is -1.61. The van der Waals surface area contributed by atoms with Gasteiger partial charge in [0, 0.05) is 19.0 Å². The summed E-state index contributed by atoms with van der Waals surface area (Å²) < 4.78 is 51.1. The van der Waals surface area contributed by atoms with E-state index < -0.39 is 35.3 Å². The van der Waals surface area contributed by atoms with Crippen LogP contribution in [0.3, 0.4) is 0 Å². The Bertz CT molecular complexity index is 725. The van der Waals surface area contributed by atoms with Crippen LogP contribution in [0.25, 0.3) is 0 Å². The van der Waals surface area contributed by atoms with Gasteiger partial charge in [0.2, 0.25) is 0 Å². The van der Waals surface area contributed by atoms with Crippen LogP contribution >= 0.6 is 0 Å². The molecule has 2 rings (SSSR count). The summed E-state index contributed by atoms with van der Waals surface area (Å²) in [6.07, 6.45) is -4.07. The smallest absolute Gasteiger partial charge is 0.416 e. The molecular formula is C20H26F3NO4. The maximum atomic E-state index is 13.7. The van der Waals surface area contributed by atoms with Crippen LogP contribution in [0.1, 0.15) is 67.9 Å². The summed E-state index contributed by atoms with van der Waals surface area (Å²) in [7, 11) is 0. The maximum absolute atomic E-state index is 13.7. The SMILES string of the molecule is CCOC(=O)c1ccc([C@H]2CCCN(C(=O)OC(C)(C)C)C2)c(C(F)(F)F)c1. The second kappa shape index (κ2) is 8.41. The Morgan fingerprint density at radius 1 is 1.21 bits per heavy atom. The predicted molar refractivity (Wildman–Crippen MR) is 97.2 cm³/mol. The van der Waals surface area contributed by atoms with E-state index in [9.17, 15) is 22.8 Å². The van der Waals surface area contributed by atoms with Gasteiger partial charge in [-0.25, -0.2) is 9.59 Å². The van der Waals surface area contributed by atoms with Crippen LogP contribution in [0, 0.1) is 0 Å². The van der Waals surface area contributed by atoms with Crippen molar-refractivity contribution in [2.45, 2.75) is 58.2 Å². The third-order valence-electron chi connectivity index (χ3n) is 4.38. The van der Waals surface area contributed by atoms with Gasteiger partial charge in [-0.1, -0.05) is 6.07 Å². The van der Waals surface area contributed by atoms with Crippen molar-refractivity contribution < 1.29 is 32.2 Å². The van der Waals surface area contributed by atoms with Crippen LogP contribution in [-0.4, -0.2) is 42.3 Å². The Labute approximate surface area is 162 Å². The number of esters is 1. The molecule has 0 N–H and O–H groups in total. The lowest BCUT2D eigenvalue weighted by atomic mass is 9.86. The fraction of sp³-hybridized carbons (Fsp3) is 0.600. The molecule has 0 aliphatic carbocycles. The lowest BCUT2D eigenvalue weighted by Gasteiger charge is -2.35. The highest BCUT2D eigenvalue weighted by molar-refractivity contribution is 5.89. The van der Waals surface area contributed by atoms with Crippen molar-refractivity contribution in [2.75, 3.05) is 19.7 Å². The van der Waals surface area contributed by atoms with E-state index in [0.29, 0.717) is 19.4 Å². The Hall–Kier alpha value is -2.25. The molecular weight excluding hydrogens is 375 g/mol. The number of hydrogen-bond donors (Lipinski definition) is 0. The molecule has 28 heavy (non-hydrogen) atoms. The summed E-state index contributed by atoms with van der Waals surface area (Å²) >= 11 is 0. The normalized spacial score (nSPS) is 18.0. The number of benzene rings is 1. The number of alkyl halides is 3. The van der Waals surface area contributed by atoms with Gasteiger partial charge in [-0.3, -0.25) is 0 Å². The van der Waals surface area contributed by atoms with E-state index in [1.54, 1.807) is 27.7 Å². The minimum Gasteiger partial charge on any atom is -0.462 e. The van der Waals surface area contributed by atoms with E-state index in [1.807, 2.05) is 0 Å². The highest BCUT2D eigenvalue weighted by Gasteiger charge is 2.38. The molecule has 1 heterocycles. The van der Waals surface area contributed by atoms with E-state index in [2.05, 4.69) is 0 Å². The van der Waals surface area contributed by atoms with E-state index in [4.69, 9.17) is 9.47 Å². The largest absolute Gasteiger partial charge is 0.462 e. The fourth-order valence-electron chi connectivity index (χ4n) is 3.22. The first-order valence-electron chi connectivity index (χ1n) is 9.28. The first-order valence-corrected chi connectivity index (χ1v) is 9.28. The average molecular weight is 401 g/mol. The van der Waals surface area contributed by atoms with Crippen LogP contribution in [0.2, 0.25) is 0 Å². The molecule has 0 spiro atoms. The molecule has 0 bridgehead atoms. The van der Waals surface area contributed by atoms with Gasteiger partial charge in [0.1, 0.15) is 5.60 Å². The highest BCUT2D eigenvalue weighted by atomic mass is 19.4. The van der Waals surface area contributed by atoms with Gasteiger partial charge in [0.15, 0.2) is 0 Å². The summed E-state index contributed by atoms with van der Waals surface area (Å²) in [4.78, 5) is 25.6. The van der Waals surface area contributed by atoms with Gasteiger partial charge < -0.3 is 14.4 Å². The molecule has 1 aliphatic heterocycles. The van der Waals surface area contributed by atoms with Gasteiger partial charge in [-0.2, -0.15) is 13.2 Å². The molecule has 5 nitrogen and oxygen atoms in total. The fourth-order valence-corrected chi connectivity index (χ4v) is 3.22. The molecule has 0 aromatic heterocycles. The summed E-state index contributed by atoms with van der Waals surface area (Å²) in [6.45, 7) is 7.45. The van der Waals surface area contributed by atoms with E-state index in [-0.39, 0.29) is 24.3 Å². The van der Waals surface area contributed by atoms with Crippen molar-refractivity contribution in [2.24, 2.45) is 0 Å². The molecule has 0 saturated carbocycles. The first-order chi connectivity index (χ1) is 12.9. The molecule has 1 fully saturated rings. The van der Waals surface area contributed by atoms with E-state index in [0.717, 1.165) is 6.07 Å². The Balaban J connectivity index is 2.30.